The van der Waals surface area contributed by atoms with Crippen molar-refractivity contribution in [1.29, 1.82) is 0 Å². The molecule has 0 aromatic heterocycles. The van der Waals surface area contributed by atoms with Gasteiger partial charge >= 0.3 is 0 Å². The average Bonchev–Trinajstić information content (AvgIpc) is 2.46. The van der Waals surface area contributed by atoms with E-state index in [1.54, 1.807) is 11.1 Å². The van der Waals surface area contributed by atoms with Crippen molar-refractivity contribution >= 4 is 30.3 Å². The maximum atomic E-state index is 3.40. The molecule has 4 heteroatoms. The van der Waals surface area contributed by atoms with Crippen LogP contribution in [0.1, 0.15) is 6.42 Å². The van der Waals surface area contributed by atoms with Gasteiger partial charge in [-0.25, -0.2) is 4.31 Å². The number of halogens is 1. The van der Waals surface area contributed by atoms with E-state index in [-0.39, 0.29) is 0 Å². The second kappa shape index (κ2) is 3.64. The van der Waals surface area contributed by atoms with Crippen LogP contribution < -0.4 is 5.32 Å². The maximum Gasteiger partial charge on any atom is 0.0326 e. The van der Waals surface area contributed by atoms with Crippen LogP contribution in [0.2, 0.25) is 0 Å². The lowest BCUT2D eigenvalue weighted by Gasteiger charge is -2.13. The number of hydrogen-bond donors (Lipinski definition) is 1. The Labute approximate surface area is 83.5 Å². The molecular weight excluding hydrogens is 271 g/mol. The smallest absolute Gasteiger partial charge is 0.0326 e. The highest BCUT2D eigenvalue weighted by atomic mass is 127. The third-order valence-corrected chi connectivity index (χ3v) is 4.40. The fourth-order valence-electron chi connectivity index (χ4n) is 1.67. The first-order chi connectivity index (χ1) is 5.40. The van der Waals surface area contributed by atoms with Crippen LogP contribution in [0, 0.1) is 0 Å². The molecule has 0 atom stereocenters. The minimum Gasteiger partial charge on any atom is -0.313 e. The lowest BCUT2D eigenvalue weighted by atomic mass is 10.1. The predicted molar refractivity (Wildman–Crippen MR) is 57.7 cm³/mol. The number of nitrogens with zero attached hydrogens (tertiary/aromatic N) is 1. The first kappa shape index (κ1) is 8.34. The van der Waals surface area contributed by atoms with Gasteiger partial charge in [0.15, 0.2) is 0 Å². The van der Waals surface area contributed by atoms with Gasteiger partial charge in [-0.2, -0.15) is 0 Å². The van der Waals surface area contributed by atoms with Gasteiger partial charge in [-0.05, 0) is 27.7 Å². The fourth-order valence-corrected chi connectivity index (χ4v) is 2.91. The van der Waals surface area contributed by atoms with Gasteiger partial charge in [0.2, 0.25) is 0 Å². The van der Waals surface area contributed by atoms with Gasteiger partial charge < -0.3 is 5.32 Å². The van der Waals surface area contributed by atoms with Gasteiger partial charge in [-0.15, -0.1) is 0 Å². The van der Waals surface area contributed by atoms with Crippen LogP contribution in [0.4, 0.5) is 0 Å². The second-order valence-corrected chi connectivity index (χ2v) is 4.84. The number of hydrogen-bond acceptors (Lipinski definition) is 3. The third-order valence-electron chi connectivity index (χ3n) is 2.27. The first-order valence-electron chi connectivity index (χ1n) is 3.84. The van der Waals surface area contributed by atoms with Crippen molar-refractivity contribution in [1.82, 2.24) is 9.62 Å². The summed E-state index contributed by atoms with van der Waals surface area (Å²) < 4.78 is 2.41. The van der Waals surface area contributed by atoms with Gasteiger partial charge in [0.25, 0.3) is 0 Å². The highest BCUT2D eigenvalue weighted by Gasteiger charge is 2.23. The molecule has 2 aliphatic heterocycles. The Morgan fingerprint density at radius 3 is 2.91 bits per heavy atom. The Balaban J connectivity index is 2.03. The fraction of sp³-hybridized carbons (Fsp3) is 0.714. The van der Waals surface area contributed by atoms with Crippen molar-refractivity contribution in [3.05, 3.63) is 11.1 Å². The summed E-state index contributed by atoms with van der Waals surface area (Å²) in [5.41, 5.74) is 3.33. The summed E-state index contributed by atoms with van der Waals surface area (Å²) in [7, 11) is 1.83. The Morgan fingerprint density at radius 1 is 1.36 bits per heavy atom. The Hall–Kier alpha value is 0.740. The van der Waals surface area contributed by atoms with E-state index in [1.807, 2.05) is 9.12 Å². The number of rotatable bonds is 1. The topological polar surface area (TPSA) is 15.3 Å². The monoisotopic (exact) mass is 282 g/mol. The van der Waals surface area contributed by atoms with E-state index in [9.17, 15) is 0 Å². The van der Waals surface area contributed by atoms with Gasteiger partial charge in [-0.3, -0.25) is 0 Å². The van der Waals surface area contributed by atoms with Gasteiger partial charge in [-0.1, -0.05) is 5.57 Å². The summed E-state index contributed by atoms with van der Waals surface area (Å²) in [6.45, 7) is 4.68. The lowest BCUT2D eigenvalue weighted by Crippen LogP contribution is -2.24. The Morgan fingerprint density at radius 2 is 2.18 bits per heavy atom. The van der Waals surface area contributed by atoms with Crippen molar-refractivity contribution in [2.24, 2.45) is 0 Å². The minimum atomic E-state index is 1.13. The molecule has 0 unspecified atom stereocenters. The molecule has 2 rings (SSSR count). The summed E-state index contributed by atoms with van der Waals surface area (Å²) in [5, 5.41) is 3.40. The Kier molecular flexibility index (Phi) is 2.76. The zero-order valence-corrected chi connectivity index (χ0v) is 9.24. The van der Waals surface area contributed by atoms with Crippen molar-refractivity contribution in [2.75, 3.05) is 26.2 Å². The molecule has 0 radical (unpaired) electrons. The zero-order valence-electron chi connectivity index (χ0n) is 6.27. The van der Waals surface area contributed by atoms with Gasteiger partial charge in [0.1, 0.15) is 0 Å². The molecular formula is C7H11IN2S. The standard InChI is InChI=1S/C7H11IN2S/c8-11-10-4-6-1-2-9-3-7(6)5-10/h9H,1-5H2. The Bertz CT molecular complexity index is 175. The van der Waals surface area contributed by atoms with E-state index < -0.39 is 0 Å². The van der Waals surface area contributed by atoms with E-state index in [0.717, 1.165) is 6.54 Å². The average molecular weight is 282 g/mol. The summed E-state index contributed by atoms with van der Waals surface area (Å²) >= 11 is 2.36. The largest absolute Gasteiger partial charge is 0.313 e. The van der Waals surface area contributed by atoms with Crippen molar-refractivity contribution in [2.45, 2.75) is 6.42 Å². The lowest BCUT2D eigenvalue weighted by molar-refractivity contribution is 0.599. The molecule has 2 heterocycles. The first-order valence-corrected chi connectivity index (χ1v) is 7.16. The molecule has 0 saturated carbocycles. The van der Waals surface area contributed by atoms with Gasteiger partial charge in [0, 0.05) is 40.8 Å². The summed E-state index contributed by atoms with van der Waals surface area (Å²) in [6.07, 6.45) is 1.27. The van der Waals surface area contributed by atoms with Crippen LogP contribution in [-0.4, -0.2) is 30.5 Å². The van der Waals surface area contributed by atoms with E-state index in [4.69, 9.17) is 0 Å². The molecule has 2 nitrogen and oxygen atoms in total. The molecule has 62 valence electrons. The minimum absolute atomic E-state index is 1.13. The molecule has 11 heavy (non-hydrogen) atoms. The molecule has 0 aromatic carbocycles. The zero-order chi connectivity index (χ0) is 7.68. The van der Waals surface area contributed by atoms with E-state index in [2.05, 4.69) is 30.8 Å². The maximum absolute atomic E-state index is 3.40. The van der Waals surface area contributed by atoms with Crippen LogP contribution in [0.25, 0.3) is 0 Å². The molecule has 0 aromatic rings. The van der Waals surface area contributed by atoms with E-state index in [1.165, 1.54) is 26.1 Å². The second-order valence-electron chi connectivity index (χ2n) is 3.00. The normalized spacial score (nSPS) is 25.9. The molecule has 0 bridgehead atoms. The predicted octanol–water partition coefficient (Wildman–Crippen LogP) is 1.59. The summed E-state index contributed by atoms with van der Waals surface area (Å²) in [4.78, 5) is 0. The highest BCUT2D eigenvalue weighted by Crippen LogP contribution is 2.30. The van der Waals surface area contributed by atoms with Crippen LogP contribution >= 0.6 is 30.3 Å². The summed E-state index contributed by atoms with van der Waals surface area (Å²) in [6, 6.07) is 0. The van der Waals surface area contributed by atoms with Crippen LogP contribution in [-0.2, 0) is 0 Å². The molecule has 0 spiro atoms. The molecule has 0 fully saturated rings. The van der Waals surface area contributed by atoms with Crippen LogP contribution in [0.3, 0.4) is 0 Å². The van der Waals surface area contributed by atoms with E-state index >= 15 is 0 Å². The summed E-state index contributed by atoms with van der Waals surface area (Å²) in [5.74, 6) is 0. The SMILES string of the molecule is ISN1CC2=C(CNCC2)C1. The van der Waals surface area contributed by atoms with Gasteiger partial charge in [0.05, 0.1) is 0 Å². The number of nitrogens with one attached hydrogen (secondary N) is 1. The third kappa shape index (κ3) is 1.74. The quantitative estimate of drug-likeness (QED) is 0.447. The van der Waals surface area contributed by atoms with Crippen LogP contribution in [0.5, 0.6) is 0 Å². The molecule has 0 amide bonds. The highest BCUT2D eigenvalue weighted by molar-refractivity contribution is 14.2. The molecule has 1 N–H and O–H groups in total. The van der Waals surface area contributed by atoms with E-state index in [0.29, 0.717) is 0 Å². The molecule has 0 saturated heterocycles. The van der Waals surface area contributed by atoms with Crippen molar-refractivity contribution < 1.29 is 0 Å². The van der Waals surface area contributed by atoms with Crippen molar-refractivity contribution in [3.8, 4) is 0 Å². The molecule has 2 aliphatic rings. The van der Waals surface area contributed by atoms with Crippen LogP contribution in [0.15, 0.2) is 11.1 Å². The molecule has 0 aliphatic carbocycles. The van der Waals surface area contributed by atoms with Crippen molar-refractivity contribution in [3.63, 3.8) is 0 Å².